The number of nitrogens with zero attached hydrogens (tertiary/aromatic N) is 1. The van der Waals surface area contributed by atoms with E-state index in [2.05, 4.69) is 63.1 Å². The van der Waals surface area contributed by atoms with Crippen molar-refractivity contribution in [2.75, 3.05) is 12.8 Å². The lowest BCUT2D eigenvalue weighted by atomic mass is 9.98. The summed E-state index contributed by atoms with van der Waals surface area (Å²) in [4.78, 5) is 14.3. The molecular formula is C16H25NO2S. The van der Waals surface area contributed by atoms with Crippen LogP contribution in [0.25, 0.3) is 0 Å². The van der Waals surface area contributed by atoms with E-state index in [1.165, 1.54) is 10.5 Å². The van der Waals surface area contributed by atoms with Crippen LogP contribution >= 0.6 is 11.8 Å². The molecule has 20 heavy (non-hydrogen) atoms. The number of rotatable bonds is 6. The van der Waals surface area contributed by atoms with Crippen LogP contribution in [0, 0.1) is 0 Å². The number of thioether (sulfide) groups is 1. The molecule has 1 aromatic carbocycles. The van der Waals surface area contributed by atoms with Gasteiger partial charge in [0.1, 0.15) is 0 Å². The van der Waals surface area contributed by atoms with Gasteiger partial charge in [-0.15, -0.1) is 11.8 Å². The highest BCUT2D eigenvalue weighted by Gasteiger charge is 2.27. The largest absolute Gasteiger partial charge is 0.481 e. The second-order valence-electron chi connectivity index (χ2n) is 5.96. The van der Waals surface area contributed by atoms with Crippen LogP contribution in [-0.4, -0.2) is 34.3 Å². The lowest BCUT2D eigenvalue weighted by Gasteiger charge is -2.40. The van der Waals surface area contributed by atoms with Gasteiger partial charge in [-0.25, -0.2) is 0 Å². The second-order valence-corrected chi connectivity index (χ2v) is 6.84. The highest BCUT2D eigenvalue weighted by atomic mass is 32.2. The Hall–Kier alpha value is -1.00. The molecule has 1 atom stereocenters. The van der Waals surface area contributed by atoms with Gasteiger partial charge in [0.05, 0.1) is 6.42 Å². The number of carboxylic acid groups (broad SMARTS) is 1. The Morgan fingerprint density at radius 2 is 1.85 bits per heavy atom. The van der Waals surface area contributed by atoms with Crippen LogP contribution in [0.4, 0.5) is 0 Å². The molecule has 1 rings (SSSR count). The minimum atomic E-state index is -0.746. The summed E-state index contributed by atoms with van der Waals surface area (Å²) in [5, 5.41) is 8.92. The quantitative estimate of drug-likeness (QED) is 0.804. The van der Waals surface area contributed by atoms with Gasteiger partial charge in [-0.1, -0.05) is 12.1 Å². The summed E-state index contributed by atoms with van der Waals surface area (Å²) in [7, 11) is 0. The summed E-state index contributed by atoms with van der Waals surface area (Å²) in [5.41, 5.74) is 1.16. The first kappa shape index (κ1) is 17.1. The molecule has 0 aliphatic rings. The summed E-state index contributed by atoms with van der Waals surface area (Å²) in [6.07, 6.45) is 2.23. The Bertz CT molecular complexity index is 437. The van der Waals surface area contributed by atoms with Crippen LogP contribution in [0.2, 0.25) is 0 Å². The minimum Gasteiger partial charge on any atom is -0.481 e. The van der Waals surface area contributed by atoms with Crippen molar-refractivity contribution in [3.63, 3.8) is 0 Å². The number of carboxylic acids is 1. The van der Waals surface area contributed by atoms with E-state index in [0.29, 0.717) is 6.54 Å². The fraction of sp³-hybridized carbons (Fsp3) is 0.562. The van der Waals surface area contributed by atoms with Gasteiger partial charge in [-0.2, -0.15) is 0 Å². The average molecular weight is 295 g/mol. The van der Waals surface area contributed by atoms with E-state index in [4.69, 9.17) is 5.11 Å². The summed E-state index contributed by atoms with van der Waals surface area (Å²) in [5.74, 6) is -0.746. The van der Waals surface area contributed by atoms with Crippen molar-refractivity contribution in [3.05, 3.63) is 29.8 Å². The van der Waals surface area contributed by atoms with E-state index >= 15 is 0 Å². The Labute approximate surface area is 126 Å². The van der Waals surface area contributed by atoms with E-state index in [1.807, 2.05) is 0 Å². The fourth-order valence-corrected chi connectivity index (χ4v) is 2.80. The van der Waals surface area contributed by atoms with Gasteiger partial charge in [0, 0.05) is 23.0 Å². The molecule has 0 aromatic heterocycles. The van der Waals surface area contributed by atoms with Crippen molar-refractivity contribution in [1.82, 2.24) is 4.90 Å². The highest BCUT2D eigenvalue weighted by Crippen LogP contribution is 2.29. The van der Waals surface area contributed by atoms with Crippen molar-refractivity contribution in [3.8, 4) is 0 Å². The van der Waals surface area contributed by atoms with E-state index in [9.17, 15) is 4.79 Å². The molecule has 0 amide bonds. The number of hydrogen-bond acceptors (Lipinski definition) is 3. The smallest absolute Gasteiger partial charge is 0.304 e. The first-order chi connectivity index (χ1) is 9.25. The molecule has 0 bridgehead atoms. The molecule has 4 heteroatoms. The third-order valence-electron chi connectivity index (χ3n) is 3.49. The monoisotopic (exact) mass is 295 g/mol. The predicted molar refractivity (Wildman–Crippen MR) is 85.3 cm³/mol. The average Bonchev–Trinajstić information content (AvgIpc) is 2.37. The number of hydrogen-bond donors (Lipinski definition) is 1. The zero-order valence-corrected chi connectivity index (χ0v) is 13.8. The zero-order chi connectivity index (χ0) is 15.3. The molecule has 3 nitrogen and oxygen atoms in total. The second kappa shape index (κ2) is 7.14. The van der Waals surface area contributed by atoms with Gasteiger partial charge in [0.2, 0.25) is 0 Å². The molecular weight excluding hydrogens is 270 g/mol. The van der Waals surface area contributed by atoms with Gasteiger partial charge >= 0.3 is 5.97 Å². The molecule has 112 valence electrons. The van der Waals surface area contributed by atoms with Crippen molar-refractivity contribution >= 4 is 17.7 Å². The van der Waals surface area contributed by atoms with Crippen molar-refractivity contribution in [1.29, 1.82) is 0 Å². The van der Waals surface area contributed by atoms with Crippen LogP contribution in [-0.2, 0) is 4.79 Å². The number of carbonyl (C=O) groups is 1. The van der Waals surface area contributed by atoms with Crippen LogP contribution in [0.15, 0.2) is 29.2 Å². The van der Waals surface area contributed by atoms with Crippen LogP contribution in [0.3, 0.4) is 0 Å². The standard InChI is InChI=1S/C16H25NO2S/c1-12(13-6-8-14(20-5)9-7-13)17(16(2,3)4)11-10-15(18)19/h6-9,12H,10-11H2,1-5H3,(H,18,19). The molecule has 0 saturated heterocycles. The SMILES string of the molecule is CSc1ccc(C(C)N(CCC(=O)O)C(C)(C)C)cc1. The lowest BCUT2D eigenvalue weighted by Crippen LogP contribution is -2.44. The van der Waals surface area contributed by atoms with Gasteiger partial charge in [-0.05, 0) is 51.6 Å². The summed E-state index contributed by atoms with van der Waals surface area (Å²) < 4.78 is 0. The first-order valence-corrected chi connectivity index (χ1v) is 8.10. The van der Waals surface area contributed by atoms with E-state index in [1.54, 1.807) is 11.8 Å². The normalized spacial score (nSPS) is 13.5. The fourth-order valence-electron chi connectivity index (χ4n) is 2.39. The molecule has 1 unspecified atom stereocenters. The maximum absolute atomic E-state index is 10.8. The molecule has 1 N–H and O–H groups in total. The van der Waals surface area contributed by atoms with Crippen LogP contribution < -0.4 is 0 Å². The molecule has 1 aromatic rings. The van der Waals surface area contributed by atoms with Gasteiger partial charge in [0.25, 0.3) is 0 Å². The third-order valence-corrected chi connectivity index (χ3v) is 4.24. The Morgan fingerprint density at radius 3 is 2.25 bits per heavy atom. The molecule has 0 aliphatic heterocycles. The lowest BCUT2D eigenvalue weighted by molar-refractivity contribution is -0.137. The van der Waals surface area contributed by atoms with E-state index < -0.39 is 5.97 Å². The topological polar surface area (TPSA) is 40.5 Å². The zero-order valence-electron chi connectivity index (χ0n) is 13.0. The van der Waals surface area contributed by atoms with E-state index in [0.717, 1.165) is 0 Å². The van der Waals surface area contributed by atoms with Gasteiger partial charge in [0.15, 0.2) is 0 Å². The molecule has 0 spiro atoms. The van der Waals surface area contributed by atoms with Crippen molar-refractivity contribution in [2.24, 2.45) is 0 Å². The van der Waals surface area contributed by atoms with Crippen molar-refractivity contribution in [2.45, 2.75) is 50.6 Å². The predicted octanol–water partition coefficient (Wildman–Crippen LogP) is 4.04. The third kappa shape index (κ3) is 4.84. The molecule has 0 heterocycles. The Balaban J connectivity index is 2.90. The number of benzene rings is 1. The first-order valence-electron chi connectivity index (χ1n) is 6.88. The molecule has 0 fully saturated rings. The molecule has 0 saturated carbocycles. The summed E-state index contributed by atoms with van der Waals surface area (Å²) in [6.45, 7) is 9.08. The van der Waals surface area contributed by atoms with E-state index in [-0.39, 0.29) is 18.0 Å². The van der Waals surface area contributed by atoms with Crippen LogP contribution in [0.1, 0.15) is 45.7 Å². The highest BCUT2D eigenvalue weighted by molar-refractivity contribution is 7.98. The summed E-state index contributed by atoms with van der Waals surface area (Å²) in [6, 6.07) is 8.71. The Kier molecular flexibility index (Phi) is 6.08. The number of aliphatic carboxylic acids is 1. The van der Waals surface area contributed by atoms with Gasteiger partial charge < -0.3 is 5.11 Å². The molecule has 0 radical (unpaired) electrons. The van der Waals surface area contributed by atoms with Gasteiger partial charge in [-0.3, -0.25) is 9.69 Å². The maximum Gasteiger partial charge on any atom is 0.304 e. The van der Waals surface area contributed by atoms with Crippen LogP contribution in [0.5, 0.6) is 0 Å². The minimum absolute atomic E-state index is 0.0625. The van der Waals surface area contributed by atoms with Crippen molar-refractivity contribution < 1.29 is 9.90 Å². The molecule has 0 aliphatic carbocycles. The Morgan fingerprint density at radius 1 is 1.30 bits per heavy atom. The maximum atomic E-state index is 10.8. The summed E-state index contributed by atoms with van der Waals surface area (Å²) >= 11 is 1.73.